The first kappa shape index (κ1) is 61.2. The minimum atomic E-state index is -4.73. The molecule has 0 amide bonds. The van der Waals surface area contributed by atoms with Crippen LogP contribution in [0.2, 0.25) is 0 Å². The Morgan fingerprint density at radius 1 is 0.500 bits per heavy atom. The first-order valence-corrected chi connectivity index (χ1v) is 26.8. The molecular weight excluding hydrogens is 830 g/mol. The molecule has 0 fully saturated rings. The van der Waals surface area contributed by atoms with E-state index in [1.165, 1.54) is 103 Å². The van der Waals surface area contributed by atoms with Gasteiger partial charge in [-0.25, -0.2) is 4.57 Å². The minimum Gasteiger partial charge on any atom is -0.480 e. The van der Waals surface area contributed by atoms with Gasteiger partial charge >= 0.3 is 25.7 Å². The lowest BCUT2D eigenvalue weighted by molar-refractivity contribution is -0.161. The van der Waals surface area contributed by atoms with Crippen molar-refractivity contribution in [3.05, 3.63) is 60.8 Å². The summed E-state index contributed by atoms with van der Waals surface area (Å²) in [6, 6.07) is -1.53. The molecule has 0 heterocycles. The predicted molar refractivity (Wildman–Crippen MR) is 263 cm³/mol. The van der Waals surface area contributed by atoms with Gasteiger partial charge in [0.05, 0.1) is 13.2 Å². The van der Waals surface area contributed by atoms with Crippen LogP contribution in [0.15, 0.2) is 60.8 Å². The Kier molecular flexibility index (Phi) is 44.6. The van der Waals surface area contributed by atoms with E-state index in [2.05, 4.69) is 79.1 Å². The minimum absolute atomic E-state index is 0.153. The van der Waals surface area contributed by atoms with Crippen molar-refractivity contribution < 1.29 is 47.5 Å². The molecule has 0 spiro atoms. The highest BCUT2D eigenvalue weighted by molar-refractivity contribution is 7.47. The number of carbonyl (C=O) groups is 3. The van der Waals surface area contributed by atoms with Crippen LogP contribution in [-0.4, -0.2) is 59.9 Å². The van der Waals surface area contributed by atoms with Gasteiger partial charge in [-0.3, -0.25) is 23.4 Å². The van der Waals surface area contributed by atoms with Crippen LogP contribution in [0.4, 0.5) is 0 Å². The zero-order chi connectivity index (χ0) is 47.0. The summed E-state index contributed by atoms with van der Waals surface area (Å²) in [4.78, 5) is 46.2. The van der Waals surface area contributed by atoms with Crippen LogP contribution in [0.3, 0.4) is 0 Å². The molecule has 64 heavy (non-hydrogen) atoms. The Balaban J connectivity index is 4.26. The molecule has 0 rings (SSSR count). The van der Waals surface area contributed by atoms with E-state index < -0.39 is 51.1 Å². The number of esters is 2. The number of unbranched alkanes of at least 4 members (excludes halogenated alkanes) is 23. The first-order chi connectivity index (χ1) is 31.1. The van der Waals surface area contributed by atoms with Gasteiger partial charge in [0.15, 0.2) is 6.10 Å². The molecule has 4 N–H and O–H groups in total. The molecule has 0 saturated carbocycles. The van der Waals surface area contributed by atoms with Crippen molar-refractivity contribution in [1.82, 2.24) is 0 Å². The molecule has 0 aromatic rings. The third-order valence-corrected chi connectivity index (χ3v) is 11.7. The Labute approximate surface area is 389 Å². The highest BCUT2D eigenvalue weighted by Gasteiger charge is 2.28. The molecule has 3 atom stereocenters. The van der Waals surface area contributed by atoms with Crippen molar-refractivity contribution in [2.24, 2.45) is 5.73 Å². The molecular formula is C52H92NO10P. The van der Waals surface area contributed by atoms with Crippen molar-refractivity contribution >= 4 is 25.7 Å². The van der Waals surface area contributed by atoms with Gasteiger partial charge in [-0.05, 0) is 77.0 Å². The van der Waals surface area contributed by atoms with Crippen LogP contribution in [-0.2, 0) is 37.5 Å². The lowest BCUT2D eigenvalue weighted by Gasteiger charge is -2.20. The van der Waals surface area contributed by atoms with Crippen LogP contribution in [0.25, 0.3) is 0 Å². The summed E-state index contributed by atoms with van der Waals surface area (Å²) in [6.07, 6.45) is 55.6. The summed E-state index contributed by atoms with van der Waals surface area (Å²) in [5.74, 6) is -2.39. The average Bonchev–Trinajstić information content (AvgIpc) is 3.27. The number of carboxylic acid groups (broad SMARTS) is 1. The fourth-order valence-electron chi connectivity index (χ4n) is 6.82. The third-order valence-electron chi connectivity index (χ3n) is 10.7. The van der Waals surface area contributed by atoms with Gasteiger partial charge in [0.25, 0.3) is 0 Å². The number of ether oxygens (including phenoxy) is 2. The van der Waals surface area contributed by atoms with Crippen molar-refractivity contribution in [2.45, 2.75) is 231 Å². The van der Waals surface area contributed by atoms with Crippen LogP contribution in [0.1, 0.15) is 219 Å². The number of nitrogens with two attached hydrogens (primary N) is 1. The maximum absolute atomic E-state index is 12.7. The summed E-state index contributed by atoms with van der Waals surface area (Å²) in [5.41, 5.74) is 5.35. The zero-order valence-corrected chi connectivity index (χ0v) is 41.3. The van der Waals surface area contributed by atoms with E-state index in [9.17, 15) is 23.8 Å². The monoisotopic (exact) mass is 922 g/mol. The van der Waals surface area contributed by atoms with Gasteiger partial charge < -0.3 is 25.2 Å². The van der Waals surface area contributed by atoms with Gasteiger partial charge in [0.1, 0.15) is 12.6 Å². The van der Waals surface area contributed by atoms with E-state index in [4.69, 9.17) is 24.8 Å². The van der Waals surface area contributed by atoms with Crippen LogP contribution >= 0.6 is 7.82 Å². The van der Waals surface area contributed by atoms with E-state index in [0.717, 1.165) is 77.0 Å². The predicted octanol–water partition coefficient (Wildman–Crippen LogP) is 14.3. The van der Waals surface area contributed by atoms with Gasteiger partial charge in [-0.1, -0.05) is 190 Å². The number of phosphoric ester groups is 1. The topological polar surface area (TPSA) is 172 Å². The molecule has 0 aromatic carbocycles. The molecule has 0 radical (unpaired) electrons. The molecule has 0 aromatic heterocycles. The molecule has 0 saturated heterocycles. The van der Waals surface area contributed by atoms with E-state index in [0.29, 0.717) is 12.8 Å². The largest absolute Gasteiger partial charge is 0.480 e. The van der Waals surface area contributed by atoms with Crippen LogP contribution < -0.4 is 5.73 Å². The number of hydrogen-bond donors (Lipinski definition) is 3. The highest BCUT2D eigenvalue weighted by atomic mass is 31.2. The fourth-order valence-corrected chi connectivity index (χ4v) is 7.59. The quantitative estimate of drug-likeness (QED) is 0.0230. The van der Waals surface area contributed by atoms with Gasteiger partial charge in [-0.15, -0.1) is 0 Å². The molecule has 370 valence electrons. The van der Waals surface area contributed by atoms with E-state index in [1.54, 1.807) is 0 Å². The van der Waals surface area contributed by atoms with Crippen molar-refractivity contribution in [3.8, 4) is 0 Å². The number of carboxylic acids is 1. The second-order valence-corrected chi connectivity index (χ2v) is 18.4. The molecule has 3 unspecified atom stereocenters. The van der Waals surface area contributed by atoms with Crippen LogP contribution in [0, 0.1) is 0 Å². The average molecular weight is 922 g/mol. The lowest BCUT2D eigenvalue weighted by Crippen LogP contribution is -2.34. The zero-order valence-electron chi connectivity index (χ0n) is 40.4. The second kappa shape index (κ2) is 46.7. The SMILES string of the molecule is CC/C=C\C/C=C\C/C=C\C/C=C\CCCCCCCCCCCCC(=O)OC(COC(=O)CCCCCCCCC/C=C\CCCCCCCC)COP(=O)(O)OCC(N)C(=O)O. The van der Waals surface area contributed by atoms with Gasteiger partial charge in [0, 0.05) is 12.8 Å². The smallest absolute Gasteiger partial charge is 0.472 e. The summed E-state index contributed by atoms with van der Waals surface area (Å²) in [7, 11) is -4.73. The molecule has 0 aliphatic heterocycles. The Morgan fingerprint density at radius 2 is 0.875 bits per heavy atom. The van der Waals surface area contributed by atoms with Crippen molar-refractivity contribution in [1.29, 1.82) is 0 Å². The summed E-state index contributed by atoms with van der Waals surface area (Å²) in [6.45, 7) is 2.70. The number of hydrogen-bond acceptors (Lipinski definition) is 9. The van der Waals surface area contributed by atoms with E-state index in [-0.39, 0.29) is 19.4 Å². The number of allylic oxidation sites excluding steroid dienone is 10. The standard InChI is InChI=1S/C52H92NO10P/c1-3-5-7-9-11-13-15-17-19-21-22-23-24-25-26-28-30-32-34-36-38-40-42-44-51(55)63-48(46-61-64(58,59)62-47-49(53)52(56)57)45-60-50(54)43-41-39-37-35-33-31-29-27-20-18-16-14-12-10-8-6-4-2/h5,7,11,13,17-20,22-23,48-49H,3-4,6,8-10,12,14-16,21,24-47,53H2,1-2H3,(H,56,57)(H,58,59)/b7-5-,13-11-,19-17-,20-18-,23-22-. The van der Waals surface area contributed by atoms with Gasteiger partial charge in [-0.2, -0.15) is 0 Å². The summed E-state index contributed by atoms with van der Waals surface area (Å²) in [5, 5.41) is 8.92. The summed E-state index contributed by atoms with van der Waals surface area (Å²) < 4.78 is 32.8. The Morgan fingerprint density at radius 3 is 1.33 bits per heavy atom. The molecule has 0 aliphatic carbocycles. The number of phosphoric acid groups is 1. The van der Waals surface area contributed by atoms with E-state index in [1.807, 2.05) is 0 Å². The van der Waals surface area contributed by atoms with Gasteiger partial charge in [0.2, 0.25) is 0 Å². The fraction of sp³-hybridized carbons (Fsp3) is 0.750. The van der Waals surface area contributed by atoms with Crippen molar-refractivity contribution in [2.75, 3.05) is 19.8 Å². The Bertz CT molecular complexity index is 1310. The highest BCUT2D eigenvalue weighted by Crippen LogP contribution is 2.43. The molecule has 12 heteroatoms. The normalized spacial score (nSPS) is 14.1. The van der Waals surface area contributed by atoms with Crippen molar-refractivity contribution in [3.63, 3.8) is 0 Å². The Hall–Kier alpha value is -2.82. The number of aliphatic carboxylic acids is 1. The number of carbonyl (C=O) groups excluding carboxylic acids is 2. The maximum atomic E-state index is 12.7. The summed E-state index contributed by atoms with van der Waals surface area (Å²) >= 11 is 0. The lowest BCUT2D eigenvalue weighted by atomic mass is 10.0. The molecule has 0 aliphatic rings. The molecule has 0 bridgehead atoms. The van der Waals surface area contributed by atoms with E-state index >= 15 is 0 Å². The maximum Gasteiger partial charge on any atom is 0.472 e. The second-order valence-electron chi connectivity index (χ2n) is 16.9. The third kappa shape index (κ3) is 45.7. The first-order valence-electron chi connectivity index (χ1n) is 25.3. The van der Waals surface area contributed by atoms with Crippen LogP contribution in [0.5, 0.6) is 0 Å². The molecule has 11 nitrogen and oxygen atoms in total. The number of rotatable bonds is 47.